The number of ether oxygens (including phenoxy) is 1. The van der Waals surface area contributed by atoms with Crippen molar-refractivity contribution in [3.63, 3.8) is 0 Å². The van der Waals surface area contributed by atoms with Crippen molar-refractivity contribution < 1.29 is 9.84 Å². The van der Waals surface area contributed by atoms with Gasteiger partial charge in [0.25, 0.3) is 0 Å². The average Bonchev–Trinajstić information content (AvgIpc) is 3.12. The van der Waals surface area contributed by atoms with E-state index >= 15 is 0 Å². The minimum atomic E-state index is -0.676. The molecule has 0 radical (unpaired) electrons. The van der Waals surface area contributed by atoms with E-state index in [0.717, 1.165) is 31.2 Å². The summed E-state index contributed by atoms with van der Waals surface area (Å²) in [6.07, 6.45) is 6.56. The van der Waals surface area contributed by atoms with Gasteiger partial charge in [-0.15, -0.1) is 0 Å². The van der Waals surface area contributed by atoms with Crippen molar-refractivity contribution in [1.82, 2.24) is 0 Å². The predicted octanol–water partition coefficient (Wildman–Crippen LogP) is 3.39. The highest BCUT2D eigenvalue weighted by Crippen LogP contribution is 2.57. The van der Waals surface area contributed by atoms with Crippen molar-refractivity contribution in [2.45, 2.75) is 62.8 Å². The van der Waals surface area contributed by atoms with Crippen LogP contribution in [0.1, 0.15) is 51.0 Å². The average molecular weight is 246 g/mol. The van der Waals surface area contributed by atoms with Gasteiger partial charge in [0.1, 0.15) is 11.2 Å². The maximum atomic E-state index is 11.1. The molecule has 3 rings (SSSR count). The molecule has 0 spiro atoms. The van der Waals surface area contributed by atoms with Crippen LogP contribution in [0.4, 0.5) is 0 Å². The van der Waals surface area contributed by atoms with Gasteiger partial charge >= 0.3 is 0 Å². The highest BCUT2D eigenvalue weighted by Gasteiger charge is 2.67. The smallest absolute Gasteiger partial charge is 0.148 e. The zero-order valence-corrected chi connectivity index (χ0v) is 11.1. The quantitative estimate of drug-likeness (QED) is 0.641. The molecule has 1 saturated carbocycles. The first-order valence-corrected chi connectivity index (χ1v) is 7.15. The van der Waals surface area contributed by atoms with Gasteiger partial charge in [-0.2, -0.15) is 0 Å². The normalized spacial score (nSPS) is 34.9. The molecule has 1 heterocycles. The van der Waals surface area contributed by atoms with E-state index in [1.807, 2.05) is 18.2 Å². The Morgan fingerprint density at radius 3 is 2.11 bits per heavy atom. The van der Waals surface area contributed by atoms with Gasteiger partial charge in [-0.05, 0) is 25.3 Å². The van der Waals surface area contributed by atoms with Crippen LogP contribution in [0, 0.1) is 0 Å². The Labute approximate surface area is 109 Å². The van der Waals surface area contributed by atoms with Gasteiger partial charge in [-0.1, -0.05) is 56.0 Å². The fourth-order valence-electron chi connectivity index (χ4n) is 3.67. The summed E-state index contributed by atoms with van der Waals surface area (Å²) in [7, 11) is 0. The molecule has 2 nitrogen and oxygen atoms in total. The highest BCUT2D eigenvalue weighted by atomic mass is 16.6. The largest absolute Gasteiger partial charge is 0.386 e. The van der Waals surface area contributed by atoms with Crippen LogP contribution in [0.3, 0.4) is 0 Å². The van der Waals surface area contributed by atoms with Crippen LogP contribution >= 0.6 is 0 Å². The lowest BCUT2D eigenvalue weighted by Gasteiger charge is -2.34. The van der Waals surface area contributed by atoms with E-state index in [4.69, 9.17) is 4.74 Å². The van der Waals surface area contributed by atoms with Crippen LogP contribution in [0.15, 0.2) is 30.3 Å². The summed E-state index contributed by atoms with van der Waals surface area (Å²) >= 11 is 0. The van der Waals surface area contributed by atoms with E-state index in [1.165, 1.54) is 12.8 Å². The van der Waals surface area contributed by atoms with Crippen LogP contribution in [0.5, 0.6) is 0 Å². The first-order valence-electron chi connectivity index (χ1n) is 7.15. The summed E-state index contributed by atoms with van der Waals surface area (Å²) in [5.74, 6) is 0. The second-order valence-corrected chi connectivity index (χ2v) is 5.81. The SMILES string of the molecule is C[C@H]1O[C@@]1(c1ccccc1)C1(O)CCCCCC1. The maximum absolute atomic E-state index is 11.1. The third-order valence-corrected chi connectivity index (χ3v) is 4.70. The van der Waals surface area contributed by atoms with Gasteiger partial charge < -0.3 is 9.84 Å². The summed E-state index contributed by atoms with van der Waals surface area (Å²) in [5.41, 5.74) is 0.0185. The molecule has 2 fully saturated rings. The zero-order valence-electron chi connectivity index (χ0n) is 11.1. The molecule has 18 heavy (non-hydrogen) atoms. The molecule has 0 unspecified atom stereocenters. The fourth-order valence-corrected chi connectivity index (χ4v) is 3.67. The van der Waals surface area contributed by atoms with E-state index < -0.39 is 11.2 Å². The second kappa shape index (κ2) is 4.36. The van der Waals surface area contributed by atoms with E-state index in [1.54, 1.807) is 0 Å². The Kier molecular flexibility index (Phi) is 2.95. The van der Waals surface area contributed by atoms with E-state index in [0.29, 0.717) is 0 Å². The number of benzene rings is 1. The van der Waals surface area contributed by atoms with Crippen molar-refractivity contribution in [3.05, 3.63) is 35.9 Å². The standard InChI is InChI=1S/C16H22O2/c1-13-16(18-13,14-9-5-4-6-10-14)15(17)11-7-2-3-8-12-15/h4-6,9-10,13,17H,2-3,7-8,11-12H2,1H3/t13-,16+/m1/s1. The molecule has 1 aromatic rings. The number of rotatable bonds is 2. The van der Waals surface area contributed by atoms with Crippen LogP contribution in [-0.2, 0) is 10.3 Å². The third kappa shape index (κ3) is 1.70. The van der Waals surface area contributed by atoms with Gasteiger partial charge in [0.05, 0.1) is 6.10 Å². The van der Waals surface area contributed by atoms with Crippen molar-refractivity contribution >= 4 is 0 Å². The monoisotopic (exact) mass is 246 g/mol. The van der Waals surface area contributed by atoms with Gasteiger partial charge in [-0.25, -0.2) is 0 Å². The Hall–Kier alpha value is -0.860. The summed E-state index contributed by atoms with van der Waals surface area (Å²) in [5, 5.41) is 11.1. The fraction of sp³-hybridized carbons (Fsp3) is 0.625. The lowest BCUT2D eigenvalue weighted by molar-refractivity contribution is -0.0531. The zero-order chi connectivity index (χ0) is 12.6. The maximum Gasteiger partial charge on any atom is 0.148 e. The Balaban J connectivity index is 1.97. The van der Waals surface area contributed by atoms with E-state index in [-0.39, 0.29) is 6.10 Å². The topological polar surface area (TPSA) is 32.8 Å². The first-order chi connectivity index (χ1) is 8.69. The molecule has 0 aromatic heterocycles. The molecule has 1 aromatic carbocycles. The Bertz CT molecular complexity index is 406. The molecule has 1 aliphatic heterocycles. The van der Waals surface area contributed by atoms with Crippen molar-refractivity contribution in [3.8, 4) is 0 Å². The lowest BCUT2D eigenvalue weighted by atomic mass is 9.75. The lowest BCUT2D eigenvalue weighted by Crippen LogP contribution is -2.44. The number of hydrogen-bond donors (Lipinski definition) is 1. The first kappa shape index (κ1) is 12.2. The molecule has 98 valence electrons. The summed E-state index contributed by atoms with van der Waals surface area (Å²) in [4.78, 5) is 0. The number of aliphatic hydroxyl groups is 1. The molecule has 1 N–H and O–H groups in total. The summed E-state index contributed by atoms with van der Waals surface area (Å²) < 4.78 is 5.94. The molecular weight excluding hydrogens is 224 g/mol. The van der Waals surface area contributed by atoms with Crippen LogP contribution in [0.2, 0.25) is 0 Å². The van der Waals surface area contributed by atoms with Crippen LogP contribution in [0.25, 0.3) is 0 Å². The molecule has 0 bridgehead atoms. The summed E-state index contributed by atoms with van der Waals surface area (Å²) in [6, 6.07) is 10.3. The van der Waals surface area contributed by atoms with Crippen LogP contribution < -0.4 is 0 Å². The summed E-state index contributed by atoms with van der Waals surface area (Å²) in [6.45, 7) is 2.08. The molecule has 2 aliphatic rings. The van der Waals surface area contributed by atoms with Gasteiger partial charge in [-0.3, -0.25) is 0 Å². The highest BCUT2D eigenvalue weighted by molar-refractivity contribution is 5.34. The van der Waals surface area contributed by atoms with Crippen molar-refractivity contribution in [1.29, 1.82) is 0 Å². The predicted molar refractivity (Wildman–Crippen MR) is 71.3 cm³/mol. The molecule has 1 saturated heterocycles. The minimum absolute atomic E-state index is 0.128. The van der Waals surface area contributed by atoms with Gasteiger partial charge in [0.15, 0.2) is 0 Å². The Morgan fingerprint density at radius 1 is 1.06 bits per heavy atom. The number of epoxide rings is 1. The van der Waals surface area contributed by atoms with Crippen molar-refractivity contribution in [2.24, 2.45) is 0 Å². The van der Waals surface area contributed by atoms with Gasteiger partial charge in [0, 0.05) is 0 Å². The van der Waals surface area contributed by atoms with E-state index in [9.17, 15) is 5.11 Å². The second-order valence-electron chi connectivity index (χ2n) is 5.81. The number of hydrogen-bond acceptors (Lipinski definition) is 2. The molecule has 2 atom stereocenters. The molecule has 2 heteroatoms. The molecule has 1 aliphatic carbocycles. The molecular formula is C16H22O2. The third-order valence-electron chi connectivity index (χ3n) is 4.70. The van der Waals surface area contributed by atoms with Crippen LogP contribution in [-0.4, -0.2) is 16.8 Å². The van der Waals surface area contributed by atoms with E-state index in [2.05, 4.69) is 19.1 Å². The Morgan fingerprint density at radius 2 is 1.61 bits per heavy atom. The van der Waals surface area contributed by atoms with Gasteiger partial charge in [0.2, 0.25) is 0 Å². The molecule has 0 amide bonds. The minimum Gasteiger partial charge on any atom is -0.386 e. The van der Waals surface area contributed by atoms with Crippen molar-refractivity contribution in [2.75, 3.05) is 0 Å².